The number of rotatable bonds is 7. The number of aryl methyl sites for hydroxylation is 1. The van der Waals surface area contributed by atoms with Crippen molar-refractivity contribution in [2.24, 2.45) is 5.92 Å². The molecule has 1 aliphatic carbocycles. The Labute approximate surface area is 115 Å². The van der Waals surface area contributed by atoms with Crippen LogP contribution in [0.4, 0.5) is 5.69 Å². The molecule has 1 amide bonds. The van der Waals surface area contributed by atoms with E-state index in [-0.39, 0.29) is 5.91 Å². The molecule has 3 nitrogen and oxygen atoms in total. The van der Waals surface area contributed by atoms with Crippen LogP contribution in [0.1, 0.15) is 44.6 Å². The lowest BCUT2D eigenvalue weighted by Crippen LogP contribution is -2.34. The first-order valence-electron chi connectivity index (χ1n) is 7.31. The molecule has 3 N–H and O–H groups in total. The predicted octanol–water partition coefficient (Wildman–Crippen LogP) is 2.90. The predicted molar refractivity (Wildman–Crippen MR) is 78.7 cm³/mol. The maximum Gasteiger partial charge on any atom is 0.220 e. The van der Waals surface area contributed by atoms with Gasteiger partial charge < -0.3 is 11.1 Å². The molecule has 104 valence electrons. The number of hydrogen-bond donors (Lipinski definition) is 2. The van der Waals surface area contributed by atoms with Gasteiger partial charge in [0.15, 0.2) is 0 Å². The molecule has 1 aliphatic rings. The third-order valence-electron chi connectivity index (χ3n) is 3.76. The highest BCUT2D eigenvalue weighted by molar-refractivity contribution is 5.76. The summed E-state index contributed by atoms with van der Waals surface area (Å²) in [6, 6.07) is 8.12. The SMILES string of the molecule is CCC(CC1CC1)NC(=O)CCc1cccc(N)c1. The monoisotopic (exact) mass is 260 g/mol. The van der Waals surface area contributed by atoms with E-state index in [4.69, 9.17) is 5.73 Å². The first kappa shape index (κ1) is 13.9. The van der Waals surface area contributed by atoms with Crippen molar-refractivity contribution >= 4 is 11.6 Å². The average molecular weight is 260 g/mol. The highest BCUT2D eigenvalue weighted by Gasteiger charge is 2.25. The number of amides is 1. The minimum absolute atomic E-state index is 0.162. The molecule has 1 unspecified atom stereocenters. The van der Waals surface area contributed by atoms with E-state index in [0.717, 1.165) is 36.4 Å². The van der Waals surface area contributed by atoms with Gasteiger partial charge in [0.05, 0.1) is 0 Å². The van der Waals surface area contributed by atoms with Crippen molar-refractivity contribution in [2.45, 2.75) is 51.5 Å². The molecule has 0 spiro atoms. The summed E-state index contributed by atoms with van der Waals surface area (Å²) in [5.41, 5.74) is 7.62. The van der Waals surface area contributed by atoms with E-state index in [1.54, 1.807) is 0 Å². The van der Waals surface area contributed by atoms with E-state index in [1.807, 2.05) is 24.3 Å². The van der Waals surface area contributed by atoms with Gasteiger partial charge in [-0.3, -0.25) is 4.79 Å². The number of carbonyl (C=O) groups excluding carboxylic acids is 1. The summed E-state index contributed by atoms with van der Waals surface area (Å²) >= 11 is 0. The zero-order valence-corrected chi connectivity index (χ0v) is 11.7. The van der Waals surface area contributed by atoms with Gasteiger partial charge in [-0.05, 0) is 42.9 Å². The zero-order valence-electron chi connectivity index (χ0n) is 11.7. The zero-order chi connectivity index (χ0) is 13.7. The summed E-state index contributed by atoms with van der Waals surface area (Å²) in [4.78, 5) is 11.9. The van der Waals surface area contributed by atoms with E-state index >= 15 is 0 Å². The van der Waals surface area contributed by atoms with Crippen molar-refractivity contribution in [3.63, 3.8) is 0 Å². The van der Waals surface area contributed by atoms with Crippen molar-refractivity contribution in [1.82, 2.24) is 5.32 Å². The summed E-state index contributed by atoms with van der Waals surface area (Å²) in [6.07, 6.45) is 6.17. The Kier molecular flexibility index (Phi) is 4.83. The van der Waals surface area contributed by atoms with Crippen LogP contribution >= 0.6 is 0 Å². The number of benzene rings is 1. The minimum atomic E-state index is 0.162. The second-order valence-corrected chi connectivity index (χ2v) is 5.60. The highest BCUT2D eigenvalue weighted by Crippen LogP contribution is 2.34. The average Bonchev–Trinajstić information content (AvgIpc) is 3.19. The molecule has 3 heteroatoms. The number of anilines is 1. The molecular formula is C16H24N2O. The number of hydrogen-bond acceptors (Lipinski definition) is 2. The van der Waals surface area contributed by atoms with Gasteiger partial charge in [-0.25, -0.2) is 0 Å². The van der Waals surface area contributed by atoms with Gasteiger partial charge in [0, 0.05) is 18.2 Å². The molecule has 0 bridgehead atoms. The van der Waals surface area contributed by atoms with Gasteiger partial charge >= 0.3 is 0 Å². The van der Waals surface area contributed by atoms with E-state index in [1.165, 1.54) is 12.8 Å². The summed E-state index contributed by atoms with van der Waals surface area (Å²) in [7, 11) is 0. The van der Waals surface area contributed by atoms with Crippen LogP contribution in [-0.2, 0) is 11.2 Å². The molecule has 2 rings (SSSR count). The Morgan fingerprint density at radius 2 is 2.26 bits per heavy atom. The van der Waals surface area contributed by atoms with Gasteiger partial charge in [0.25, 0.3) is 0 Å². The topological polar surface area (TPSA) is 55.1 Å². The third kappa shape index (κ3) is 4.93. The standard InChI is InChI=1S/C16H24N2O/c1-2-15(11-13-6-7-13)18-16(19)9-8-12-4-3-5-14(17)10-12/h3-5,10,13,15H,2,6-9,11,17H2,1H3,(H,18,19). The van der Waals surface area contributed by atoms with Crippen LogP contribution in [0.25, 0.3) is 0 Å². The Bertz CT molecular complexity index is 427. The molecule has 1 aromatic rings. The number of nitrogen functional groups attached to an aromatic ring is 1. The van der Waals surface area contributed by atoms with Crippen LogP contribution in [0.5, 0.6) is 0 Å². The molecule has 0 heterocycles. The fourth-order valence-corrected chi connectivity index (χ4v) is 2.39. The highest BCUT2D eigenvalue weighted by atomic mass is 16.1. The molecule has 0 saturated heterocycles. The van der Waals surface area contributed by atoms with Crippen LogP contribution in [0.3, 0.4) is 0 Å². The second kappa shape index (κ2) is 6.60. The fourth-order valence-electron chi connectivity index (χ4n) is 2.39. The molecular weight excluding hydrogens is 236 g/mol. The number of nitrogens with one attached hydrogen (secondary N) is 1. The molecule has 19 heavy (non-hydrogen) atoms. The lowest BCUT2D eigenvalue weighted by molar-refractivity contribution is -0.121. The van der Waals surface area contributed by atoms with Crippen LogP contribution < -0.4 is 11.1 Å². The minimum Gasteiger partial charge on any atom is -0.399 e. The van der Waals surface area contributed by atoms with Gasteiger partial charge in [-0.2, -0.15) is 0 Å². The maximum atomic E-state index is 11.9. The van der Waals surface area contributed by atoms with Crippen molar-refractivity contribution in [3.8, 4) is 0 Å². The molecule has 0 aliphatic heterocycles. The Morgan fingerprint density at radius 3 is 2.89 bits per heavy atom. The van der Waals surface area contributed by atoms with E-state index in [2.05, 4.69) is 12.2 Å². The Morgan fingerprint density at radius 1 is 1.47 bits per heavy atom. The molecule has 0 radical (unpaired) electrons. The van der Waals surface area contributed by atoms with Crippen molar-refractivity contribution < 1.29 is 4.79 Å². The first-order valence-corrected chi connectivity index (χ1v) is 7.31. The summed E-state index contributed by atoms with van der Waals surface area (Å²) in [5.74, 6) is 1.02. The van der Waals surface area contributed by atoms with Crippen LogP contribution in [0.15, 0.2) is 24.3 Å². The Balaban J connectivity index is 1.73. The normalized spacial score (nSPS) is 16.1. The van der Waals surface area contributed by atoms with E-state index in [0.29, 0.717) is 12.5 Å². The lowest BCUT2D eigenvalue weighted by Gasteiger charge is -2.16. The molecule has 1 aromatic carbocycles. The fraction of sp³-hybridized carbons (Fsp3) is 0.562. The summed E-state index contributed by atoms with van der Waals surface area (Å²) in [6.45, 7) is 2.14. The lowest BCUT2D eigenvalue weighted by atomic mass is 10.1. The number of carbonyl (C=O) groups is 1. The Hall–Kier alpha value is -1.51. The van der Waals surface area contributed by atoms with Crippen molar-refractivity contribution in [2.75, 3.05) is 5.73 Å². The second-order valence-electron chi connectivity index (χ2n) is 5.60. The van der Waals surface area contributed by atoms with Crippen LogP contribution in [0.2, 0.25) is 0 Å². The smallest absolute Gasteiger partial charge is 0.220 e. The summed E-state index contributed by atoms with van der Waals surface area (Å²) < 4.78 is 0. The number of nitrogens with two attached hydrogens (primary N) is 1. The molecule has 1 atom stereocenters. The van der Waals surface area contributed by atoms with Crippen LogP contribution in [0, 0.1) is 5.92 Å². The largest absolute Gasteiger partial charge is 0.399 e. The third-order valence-corrected chi connectivity index (χ3v) is 3.76. The van der Waals surface area contributed by atoms with Crippen molar-refractivity contribution in [1.29, 1.82) is 0 Å². The van der Waals surface area contributed by atoms with E-state index in [9.17, 15) is 4.79 Å². The van der Waals surface area contributed by atoms with Gasteiger partial charge in [0.2, 0.25) is 5.91 Å². The van der Waals surface area contributed by atoms with Gasteiger partial charge in [-0.1, -0.05) is 31.9 Å². The molecule has 1 saturated carbocycles. The van der Waals surface area contributed by atoms with E-state index < -0.39 is 0 Å². The van der Waals surface area contributed by atoms with Crippen molar-refractivity contribution in [3.05, 3.63) is 29.8 Å². The van der Waals surface area contributed by atoms with Gasteiger partial charge in [0.1, 0.15) is 0 Å². The summed E-state index contributed by atoms with van der Waals surface area (Å²) in [5, 5.41) is 3.15. The molecule has 1 fully saturated rings. The van der Waals surface area contributed by atoms with Crippen LogP contribution in [-0.4, -0.2) is 11.9 Å². The van der Waals surface area contributed by atoms with Gasteiger partial charge in [-0.15, -0.1) is 0 Å². The maximum absolute atomic E-state index is 11.9. The molecule has 0 aromatic heterocycles. The quantitative estimate of drug-likeness (QED) is 0.741. The first-order chi connectivity index (χ1) is 9.17.